The summed E-state index contributed by atoms with van der Waals surface area (Å²) in [7, 11) is 0. The zero-order valence-electron chi connectivity index (χ0n) is 19.9. The Morgan fingerprint density at radius 1 is 1.31 bits per heavy atom. The van der Waals surface area contributed by atoms with Crippen molar-refractivity contribution < 1.29 is 19.0 Å². The standard InChI is InChI=1S/C25H27FN6O3/c1-23(2,34)20-10-29-21(11-28-20)32-14-25(35-22(32)33)7-6-19(26)24(3,12-25)13-31-15-30-17-5-4-16(9-27)8-18(17)31/h4-5,8,10-11,15,19,34H,6-7,12-14H2,1-3H3/t19?,24-,25-/m0/s1. The van der Waals surface area contributed by atoms with E-state index in [4.69, 9.17) is 4.74 Å². The van der Waals surface area contributed by atoms with E-state index >= 15 is 4.39 Å². The molecule has 5 rings (SSSR count). The number of aromatic nitrogens is 4. The summed E-state index contributed by atoms with van der Waals surface area (Å²) in [5.41, 5.74) is -0.407. The number of carbonyl (C=O) groups excluding carboxylic acids is 1. The Kier molecular flexibility index (Phi) is 5.29. The Morgan fingerprint density at radius 2 is 2.11 bits per heavy atom. The SMILES string of the molecule is CC(C)(O)c1cnc(N2C[C@@]3(CCC(F)[C@](C)(Cn4cnc5ccc(C#N)cc54)C3)OC2=O)cn1. The lowest BCUT2D eigenvalue weighted by Crippen LogP contribution is -2.50. The molecule has 3 atom stereocenters. The molecular weight excluding hydrogens is 451 g/mol. The molecule has 1 saturated carbocycles. The van der Waals surface area contributed by atoms with Gasteiger partial charge in [-0.3, -0.25) is 9.88 Å². The second-order valence-electron chi connectivity index (χ2n) is 10.5. The topological polar surface area (TPSA) is 117 Å². The van der Waals surface area contributed by atoms with E-state index in [1.165, 1.54) is 17.3 Å². The van der Waals surface area contributed by atoms with E-state index in [9.17, 15) is 15.2 Å². The van der Waals surface area contributed by atoms with Crippen molar-refractivity contribution >= 4 is 22.9 Å². The third-order valence-corrected chi connectivity index (χ3v) is 7.13. The minimum Gasteiger partial charge on any atom is -0.441 e. The zero-order chi connectivity index (χ0) is 25.0. The largest absolute Gasteiger partial charge is 0.441 e. The van der Waals surface area contributed by atoms with Crippen LogP contribution in [0.5, 0.6) is 0 Å². The van der Waals surface area contributed by atoms with Crippen LogP contribution in [0.2, 0.25) is 0 Å². The fourth-order valence-corrected chi connectivity index (χ4v) is 5.27. The second kappa shape index (κ2) is 7.99. The summed E-state index contributed by atoms with van der Waals surface area (Å²) in [6.07, 6.45) is 3.91. The molecule has 182 valence electrons. The molecule has 1 spiro atoms. The molecule has 1 aliphatic heterocycles. The normalized spacial score (nSPS) is 26.8. The van der Waals surface area contributed by atoms with Crippen molar-refractivity contribution in [3.05, 3.63) is 48.2 Å². The van der Waals surface area contributed by atoms with Crippen molar-refractivity contribution in [1.29, 1.82) is 5.26 Å². The first-order chi connectivity index (χ1) is 16.5. The van der Waals surface area contributed by atoms with Crippen LogP contribution in [-0.4, -0.2) is 49.0 Å². The van der Waals surface area contributed by atoms with Gasteiger partial charge in [-0.05, 0) is 51.3 Å². The highest BCUT2D eigenvalue weighted by Crippen LogP contribution is 2.49. The first-order valence-electron chi connectivity index (χ1n) is 11.6. The number of anilines is 1. The fourth-order valence-electron chi connectivity index (χ4n) is 5.27. The van der Waals surface area contributed by atoms with Crippen molar-refractivity contribution in [1.82, 2.24) is 19.5 Å². The third-order valence-electron chi connectivity index (χ3n) is 7.13. The first kappa shape index (κ1) is 23.2. The average Bonchev–Trinajstić information content (AvgIpc) is 3.36. The molecule has 1 unspecified atom stereocenters. The van der Waals surface area contributed by atoms with Crippen molar-refractivity contribution in [2.24, 2.45) is 5.41 Å². The van der Waals surface area contributed by atoms with Gasteiger partial charge in [0.25, 0.3) is 0 Å². The molecule has 0 bridgehead atoms. The highest BCUT2D eigenvalue weighted by atomic mass is 19.1. The van der Waals surface area contributed by atoms with E-state index < -0.39 is 28.9 Å². The van der Waals surface area contributed by atoms with Crippen LogP contribution in [0.1, 0.15) is 51.3 Å². The molecule has 3 heterocycles. The van der Waals surface area contributed by atoms with Crippen LogP contribution in [0.15, 0.2) is 36.9 Å². The quantitative estimate of drug-likeness (QED) is 0.605. The number of ether oxygens (including phenoxy) is 1. The lowest BCUT2D eigenvalue weighted by atomic mass is 9.67. The molecule has 0 radical (unpaired) electrons. The zero-order valence-corrected chi connectivity index (χ0v) is 19.9. The summed E-state index contributed by atoms with van der Waals surface area (Å²) in [6, 6.07) is 7.37. The molecule has 1 aliphatic carbocycles. The number of fused-ring (bicyclic) bond motifs is 1. The number of hydrogen-bond donors (Lipinski definition) is 1. The summed E-state index contributed by atoms with van der Waals surface area (Å²) in [6.45, 7) is 5.66. The molecule has 1 aromatic carbocycles. The highest BCUT2D eigenvalue weighted by Gasteiger charge is 2.55. The number of amides is 1. The van der Waals surface area contributed by atoms with Gasteiger partial charge in [-0.1, -0.05) is 6.92 Å². The average molecular weight is 479 g/mol. The maximum absolute atomic E-state index is 15.4. The van der Waals surface area contributed by atoms with Crippen LogP contribution < -0.4 is 4.90 Å². The van der Waals surface area contributed by atoms with Gasteiger partial charge in [0.05, 0.1) is 53.6 Å². The van der Waals surface area contributed by atoms with E-state index in [1.54, 1.807) is 38.4 Å². The number of alkyl halides is 1. The molecule has 9 nitrogen and oxygen atoms in total. The molecular formula is C25H27FN6O3. The van der Waals surface area contributed by atoms with E-state index in [0.29, 0.717) is 36.5 Å². The van der Waals surface area contributed by atoms with E-state index in [0.717, 1.165) is 11.0 Å². The molecule has 3 aromatic rings. The molecule has 35 heavy (non-hydrogen) atoms. The molecule has 2 aromatic heterocycles. The molecule has 1 amide bonds. The Balaban J connectivity index is 1.39. The van der Waals surface area contributed by atoms with E-state index in [2.05, 4.69) is 21.0 Å². The number of rotatable bonds is 4. The summed E-state index contributed by atoms with van der Waals surface area (Å²) in [5.74, 6) is 0.327. The third kappa shape index (κ3) is 4.10. The van der Waals surface area contributed by atoms with Crippen molar-refractivity contribution in [3.63, 3.8) is 0 Å². The summed E-state index contributed by atoms with van der Waals surface area (Å²) >= 11 is 0. The lowest BCUT2D eigenvalue weighted by Gasteiger charge is -2.45. The fraction of sp³-hybridized carbons (Fsp3) is 0.480. The van der Waals surface area contributed by atoms with Gasteiger partial charge in [0.2, 0.25) is 0 Å². The number of halogens is 1. The first-order valence-corrected chi connectivity index (χ1v) is 11.6. The Bertz CT molecular complexity index is 1330. The van der Waals surface area contributed by atoms with Crippen LogP contribution in [0, 0.1) is 16.7 Å². The molecule has 10 heteroatoms. The van der Waals surface area contributed by atoms with Gasteiger partial charge >= 0.3 is 6.09 Å². The molecule has 2 fully saturated rings. The van der Waals surface area contributed by atoms with E-state index in [-0.39, 0.29) is 13.0 Å². The van der Waals surface area contributed by atoms with Crippen LogP contribution >= 0.6 is 0 Å². The number of aliphatic hydroxyl groups is 1. The van der Waals surface area contributed by atoms with E-state index in [1.807, 2.05) is 11.5 Å². The van der Waals surface area contributed by atoms with Gasteiger partial charge in [-0.2, -0.15) is 5.26 Å². The van der Waals surface area contributed by atoms with Gasteiger partial charge in [-0.15, -0.1) is 0 Å². The maximum Gasteiger partial charge on any atom is 0.416 e. The van der Waals surface area contributed by atoms with Crippen molar-refractivity contribution in [2.75, 3.05) is 11.4 Å². The predicted octanol–water partition coefficient (Wildman–Crippen LogP) is 3.85. The van der Waals surface area contributed by atoms with Crippen molar-refractivity contribution in [2.45, 2.75) is 64.0 Å². The van der Waals surface area contributed by atoms with Gasteiger partial charge in [0.15, 0.2) is 5.82 Å². The number of imidazole rings is 1. The van der Waals surface area contributed by atoms with Gasteiger partial charge < -0.3 is 14.4 Å². The van der Waals surface area contributed by atoms with Gasteiger partial charge in [0.1, 0.15) is 17.4 Å². The number of benzene rings is 1. The Morgan fingerprint density at radius 3 is 2.80 bits per heavy atom. The molecule has 1 N–H and O–H groups in total. The van der Waals surface area contributed by atoms with Gasteiger partial charge in [0, 0.05) is 12.0 Å². The van der Waals surface area contributed by atoms with Crippen LogP contribution in [0.4, 0.5) is 15.0 Å². The maximum atomic E-state index is 15.4. The highest BCUT2D eigenvalue weighted by molar-refractivity contribution is 5.89. The molecule has 1 saturated heterocycles. The van der Waals surface area contributed by atoms with Crippen LogP contribution in [0.25, 0.3) is 11.0 Å². The monoisotopic (exact) mass is 478 g/mol. The number of hydrogen-bond acceptors (Lipinski definition) is 7. The Hall–Kier alpha value is -3.58. The number of nitrogens with zero attached hydrogens (tertiary/aromatic N) is 6. The van der Waals surface area contributed by atoms with Gasteiger partial charge in [-0.25, -0.2) is 19.2 Å². The summed E-state index contributed by atoms with van der Waals surface area (Å²) in [4.78, 5) is 27.2. The number of nitriles is 1. The second-order valence-corrected chi connectivity index (χ2v) is 10.5. The van der Waals surface area contributed by atoms with Crippen LogP contribution in [-0.2, 0) is 16.9 Å². The van der Waals surface area contributed by atoms with Crippen LogP contribution in [0.3, 0.4) is 0 Å². The van der Waals surface area contributed by atoms with Crippen molar-refractivity contribution in [3.8, 4) is 6.07 Å². The minimum absolute atomic E-state index is 0.244. The minimum atomic E-state index is -1.15. The molecule has 2 aliphatic rings. The smallest absolute Gasteiger partial charge is 0.416 e. The number of carbonyl (C=O) groups is 1. The Labute approximate surface area is 202 Å². The lowest BCUT2D eigenvalue weighted by molar-refractivity contribution is -0.0663. The summed E-state index contributed by atoms with van der Waals surface area (Å²) in [5, 5.41) is 19.4. The summed E-state index contributed by atoms with van der Waals surface area (Å²) < 4.78 is 23.1. The predicted molar refractivity (Wildman–Crippen MR) is 125 cm³/mol.